The van der Waals surface area contributed by atoms with E-state index in [1.807, 2.05) is 13.8 Å². The molecule has 0 spiro atoms. The summed E-state index contributed by atoms with van der Waals surface area (Å²) >= 11 is 11.7. The van der Waals surface area contributed by atoms with Crippen molar-refractivity contribution in [2.24, 2.45) is 0 Å². The normalized spacial score (nSPS) is 10.6. The average molecular weight is 263 g/mol. The Balaban J connectivity index is 3.17. The minimum Gasteiger partial charge on any atom is -0.462 e. The molecule has 88 valence electrons. The molecule has 0 fully saturated rings. The van der Waals surface area contributed by atoms with E-state index in [1.165, 1.54) is 0 Å². The highest BCUT2D eigenvalue weighted by Gasteiger charge is 2.20. The van der Waals surface area contributed by atoms with Crippen LogP contribution in [0, 0.1) is 0 Å². The Morgan fingerprint density at radius 3 is 2.19 bits per heavy atom. The van der Waals surface area contributed by atoms with Crippen molar-refractivity contribution in [1.29, 1.82) is 0 Å². The van der Waals surface area contributed by atoms with E-state index >= 15 is 0 Å². The quantitative estimate of drug-likeness (QED) is 0.621. The number of halogens is 2. The number of carbonyl (C=O) groups is 1. The number of ether oxygens (including phenoxy) is 1. The zero-order valence-electron chi connectivity index (χ0n) is 9.25. The largest absolute Gasteiger partial charge is 0.462 e. The van der Waals surface area contributed by atoms with Gasteiger partial charge in [-0.15, -0.1) is 0 Å². The second-order valence-corrected chi connectivity index (χ2v) is 4.13. The van der Waals surface area contributed by atoms with Crippen LogP contribution in [0.3, 0.4) is 0 Å². The lowest BCUT2D eigenvalue weighted by molar-refractivity contribution is 0.0525. The molecule has 0 bridgehead atoms. The second-order valence-electron chi connectivity index (χ2n) is 3.41. The van der Waals surface area contributed by atoms with Gasteiger partial charge in [0.15, 0.2) is 0 Å². The maximum atomic E-state index is 11.5. The summed E-state index contributed by atoms with van der Waals surface area (Å²) in [5.74, 6) is -0.0119. The van der Waals surface area contributed by atoms with Crippen molar-refractivity contribution in [2.45, 2.75) is 26.7 Å². The van der Waals surface area contributed by atoms with E-state index < -0.39 is 5.97 Å². The first-order valence-corrected chi connectivity index (χ1v) is 5.63. The summed E-state index contributed by atoms with van der Waals surface area (Å²) in [6.45, 7) is 5.76. The number of carbonyl (C=O) groups excluding carboxylic acids is 1. The lowest BCUT2D eigenvalue weighted by Crippen LogP contribution is -2.10. The molecule has 0 N–H and O–H groups in total. The van der Waals surface area contributed by atoms with E-state index in [2.05, 4.69) is 9.97 Å². The van der Waals surface area contributed by atoms with Gasteiger partial charge >= 0.3 is 5.97 Å². The van der Waals surface area contributed by atoms with Crippen LogP contribution in [0.1, 0.15) is 42.9 Å². The SMILES string of the molecule is CCOC(=O)c1c(Cl)nc(C(C)C)nc1Cl. The Bertz CT molecular complexity index is 385. The molecule has 1 rings (SSSR count). The molecule has 0 aromatic carbocycles. The summed E-state index contributed by atoms with van der Waals surface area (Å²) in [4.78, 5) is 19.5. The Morgan fingerprint density at radius 2 is 1.81 bits per heavy atom. The Morgan fingerprint density at radius 1 is 1.31 bits per heavy atom. The molecule has 16 heavy (non-hydrogen) atoms. The molecule has 0 aliphatic carbocycles. The molecule has 1 heterocycles. The van der Waals surface area contributed by atoms with E-state index in [0.29, 0.717) is 5.82 Å². The van der Waals surface area contributed by atoms with Crippen LogP contribution in [-0.4, -0.2) is 22.5 Å². The fourth-order valence-electron chi connectivity index (χ4n) is 1.05. The van der Waals surface area contributed by atoms with E-state index in [-0.39, 0.29) is 28.4 Å². The third kappa shape index (κ3) is 2.83. The first kappa shape index (κ1) is 13.2. The Hall–Kier alpha value is -0.870. The van der Waals surface area contributed by atoms with Gasteiger partial charge in [0, 0.05) is 5.92 Å². The summed E-state index contributed by atoms with van der Waals surface area (Å²) in [6, 6.07) is 0. The fraction of sp³-hybridized carbons (Fsp3) is 0.500. The third-order valence-electron chi connectivity index (χ3n) is 1.83. The van der Waals surface area contributed by atoms with Crippen molar-refractivity contribution in [3.05, 3.63) is 21.7 Å². The van der Waals surface area contributed by atoms with Crippen molar-refractivity contribution in [3.8, 4) is 0 Å². The van der Waals surface area contributed by atoms with Gasteiger partial charge in [-0.1, -0.05) is 37.0 Å². The zero-order valence-corrected chi connectivity index (χ0v) is 10.8. The predicted molar refractivity (Wildman–Crippen MR) is 62.1 cm³/mol. The van der Waals surface area contributed by atoms with Crippen LogP contribution >= 0.6 is 23.2 Å². The van der Waals surface area contributed by atoms with Gasteiger partial charge in [0.05, 0.1) is 6.61 Å². The van der Waals surface area contributed by atoms with Crippen LogP contribution < -0.4 is 0 Å². The summed E-state index contributed by atoms with van der Waals surface area (Å²) in [7, 11) is 0. The van der Waals surface area contributed by atoms with Gasteiger partial charge in [-0.3, -0.25) is 0 Å². The maximum Gasteiger partial charge on any atom is 0.344 e. The topological polar surface area (TPSA) is 52.1 Å². The van der Waals surface area contributed by atoms with E-state index in [0.717, 1.165) is 0 Å². The van der Waals surface area contributed by atoms with Gasteiger partial charge in [0.1, 0.15) is 21.7 Å². The van der Waals surface area contributed by atoms with Crippen LogP contribution in [0.5, 0.6) is 0 Å². The van der Waals surface area contributed by atoms with Gasteiger partial charge < -0.3 is 4.74 Å². The van der Waals surface area contributed by atoms with Crippen LogP contribution in [0.4, 0.5) is 0 Å². The summed E-state index contributed by atoms with van der Waals surface area (Å²) in [5, 5.41) is 0.0595. The third-order valence-corrected chi connectivity index (χ3v) is 2.38. The van der Waals surface area contributed by atoms with Gasteiger partial charge in [-0.2, -0.15) is 0 Å². The van der Waals surface area contributed by atoms with E-state index in [1.54, 1.807) is 6.92 Å². The average Bonchev–Trinajstić information content (AvgIpc) is 2.16. The standard InChI is InChI=1S/C10H12Cl2N2O2/c1-4-16-10(15)6-7(11)13-9(5(2)3)14-8(6)12/h5H,4H2,1-3H3. The second kappa shape index (κ2) is 5.46. The van der Waals surface area contributed by atoms with Gasteiger partial charge in [0.2, 0.25) is 0 Å². The Kier molecular flexibility index (Phi) is 4.50. The first-order valence-electron chi connectivity index (χ1n) is 4.87. The summed E-state index contributed by atoms with van der Waals surface area (Å²) in [5.41, 5.74) is 0.0228. The van der Waals surface area contributed by atoms with Crippen molar-refractivity contribution < 1.29 is 9.53 Å². The predicted octanol–water partition coefficient (Wildman–Crippen LogP) is 3.08. The monoisotopic (exact) mass is 262 g/mol. The lowest BCUT2D eigenvalue weighted by atomic mass is 10.2. The van der Waals surface area contributed by atoms with Gasteiger partial charge in [-0.25, -0.2) is 14.8 Å². The van der Waals surface area contributed by atoms with Gasteiger partial charge in [-0.05, 0) is 6.92 Å². The molecule has 0 aliphatic rings. The molecule has 1 aromatic heterocycles. The number of nitrogens with zero attached hydrogens (tertiary/aromatic N) is 2. The van der Waals surface area contributed by atoms with Crippen LogP contribution in [0.25, 0.3) is 0 Å². The van der Waals surface area contributed by atoms with Crippen LogP contribution in [-0.2, 0) is 4.74 Å². The highest BCUT2D eigenvalue weighted by Crippen LogP contribution is 2.24. The molecule has 1 aromatic rings. The molecule has 0 saturated heterocycles. The molecule has 0 unspecified atom stereocenters. The molecule has 4 nitrogen and oxygen atoms in total. The maximum absolute atomic E-state index is 11.5. The molecule has 0 amide bonds. The first-order chi connectivity index (χ1) is 7.47. The van der Waals surface area contributed by atoms with Crippen molar-refractivity contribution in [1.82, 2.24) is 9.97 Å². The summed E-state index contributed by atoms with van der Waals surface area (Å²) < 4.78 is 4.80. The highest BCUT2D eigenvalue weighted by molar-refractivity contribution is 6.37. The fourth-order valence-corrected chi connectivity index (χ4v) is 1.61. The van der Waals surface area contributed by atoms with Crippen molar-refractivity contribution >= 4 is 29.2 Å². The van der Waals surface area contributed by atoms with Crippen LogP contribution in [0.2, 0.25) is 10.3 Å². The minimum atomic E-state index is -0.604. The zero-order chi connectivity index (χ0) is 12.3. The highest BCUT2D eigenvalue weighted by atomic mass is 35.5. The summed E-state index contributed by atoms with van der Waals surface area (Å²) in [6.07, 6.45) is 0. The molecule has 0 atom stereocenters. The van der Waals surface area contributed by atoms with Crippen LogP contribution in [0.15, 0.2) is 0 Å². The van der Waals surface area contributed by atoms with E-state index in [4.69, 9.17) is 27.9 Å². The van der Waals surface area contributed by atoms with Crippen molar-refractivity contribution in [3.63, 3.8) is 0 Å². The number of hydrogen-bond acceptors (Lipinski definition) is 4. The van der Waals surface area contributed by atoms with Gasteiger partial charge in [0.25, 0.3) is 0 Å². The minimum absolute atomic E-state index is 0.0228. The smallest absolute Gasteiger partial charge is 0.344 e. The Labute approximate surface area is 104 Å². The lowest BCUT2D eigenvalue weighted by Gasteiger charge is -2.09. The molecular weight excluding hydrogens is 251 g/mol. The molecule has 0 saturated carbocycles. The number of hydrogen-bond donors (Lipinski definition) is 0. The molecular formula is C10H12Cl2N2O2. The van der Waals surface area contributed by atoms with E-state index in [9.17, 15) is 4.79 Å². The molecule has 0 aliphatic heterocycles. The number of rotatable bonds is 3. The van der Waals surface area contributed by atoms with Crippen molar-refractivity contribution in [2.75, 3.05) is 6.61 Å². The molecule has 6 heteroatoms. The number of aromatic nitrogens is 2. The number of esters is 1. The molecule has 0 radical (unpaired) electrons.